The van der Waals surface area contributed by atoms with E-state index in [-0.39, 0.29) is 11.6 Å². The Morgan fingerprint density at radius 3 is 2.71 bits per heavy atom. The van der Waals surface area contributed by atoms with Gasteiger partial charge in [0.2, 0.25) is 11.7 Å². The Balaban J connectivity index is 1.29. The Labute approximate surface area is 183 Å². The molecule has 1 aromatic carbocycles. The second-order valence-corrected chi connectivity index (χ2v) is 8.79. The van der Waals surface area contributed by atoms with Crippen molar-refractivity contribution < 1.29 is 4.52 Å². The van der Waals surface area contributed by atoms with Crippen LogP contribution in [0.3, 0.4) is 0 Å². The van der Waals surface area contributed by atoms with Crippen LogP contribution in [0, 0.1) is 0 Å². The molecular formula is C23H23N5O2S. The van der Waals surface area contributed by atoms with E-state index in [1.165, 1.54) is 12.8 Å². The largest absolute Gasteiger partial charge is 0.339 e. The molecule has 158 valence electrons. The quantitative estimate of drug-likeness (QED) is 0.237. The summed E-state index contributed by atoms with van der Waals surface area (Å²) in [5, 5.41) is 5.58. The number of para-hydroxylation sites is 1. The summed E-state index contributed by atoms with van der Waals surface area (Å²) in [5.74, 6) is 2.02. The second kappa shape index (κ2) is 9.01. The van der Waals surface area contributed by atoms with E-state index in [1.54, 1.807) is 24.2 Å². The van der Waals surface area contributed by atoms with Crippen LogP contribution in [-0.4, -0.2) is 30.4 Å². The van der Waals surface area contributed by atoms with Crippen LogP contribution in [0.1, 0.15) is 44.0 Å². The van der Waals surface area contributed by atoms with Gasteiger partial charge in [-0.05, 0) is 43.5 Å². The number of nitrogens with zero attached hydrogens (tertiary/aromatic N) is 5. The van der Waals surface area contributed by atoms with Crippen molar-refractivity contribution in [2.45, 2.75) is 49.7 Å². The molecule has 4 aromatic rings. The van der Waals surface area contributed by atoms with E-state index in [4.69, 9.17) is 9.51 Å². The van der Waals surface area contributed by atoms with Gasteiger partial charge in [-0.15, -0.1) is 0 Å². The summed E-state index contributed by atoms with van der Waals surface area (Å²) >= 11 is 1.64. The number of rotatable bonds is 7. The molecule has 7 nitrogen and oxygen atoms in total. The van der Waals surface area contributed by atoms with Crippen LogP contribution in [0.4, 0.5) is 0 Å². The Morgan fingerprint density at radius 2 is 1.87 bits per heavy atom. The van der Waals surface area contributed by atoms with Gasteiger partial charge in [-0.25, -0.2) is 4.98 Å². The third-order valence-electron chi connectivity index (χ3n) is 5.64. The highest BCUT2D eigenvalue weighted by Gasteiger charge is 2.23. The number of hydrogen-bond donors (Lipinski definition) is 0. The molecule has 0 atom stereocenters. The van der Waals surface area contributed by atoms with Gasteiger partial charge in [0, 0.05) is 36.2 Å². The third kappa shape index (κ3) is 4.25. The molecule has 0 unspecified atom stereocenters. The van der Waals surface area contributed by atoms with Gasteiger partial charge in [0.1, 0.15) is 0 Å². The molecule has 0 aliphatic heterocycles. The third-order valence-corrected chi connectivity index (χ3v) is 6.68. The maximum Gasteiger partial charge on any atom is 0.262 e. The van der Waals surface area contributed by atoms with Crippen molar-refractivity contribution in [3.8, 4) is 11.4 Å². The van der Waals surface area contributed by atoms with Crippen molar-refractivity contribution >= 4 is 22.7 Å². The first kappa shape index (κ1) is 19.9. The summed E-state index contributed by atoms with van der Waals surface area (Å²) < 4.78 is 7.33. The highest BCUT2D eigenvalue weighted by Crippen LogP contribution is 2.32. The lowest BCUT2D eigenvalue weighted by molar-refractivity contribution is 0.378. The van der Waals surface area contributed by atoms with Crippen LogP contribution >= 0.6 is 11.8 Å². The minimum Gasteiger partial charge on any atom is -0.339 e. The first-order chi connectivity index (χ1) is 15.3. The molecule has 1 saturated carbocycles. The predicted octanol–water partition coefficient (Wildman–Crippen LogP) is 4.68. The van der Waals surface area contributed by atoms with Gasteiger partial charge in [-0.3, -0.25) is 14.3 Å². The molecule has 3 heterocycles. The minimum atomic E-state index is 0.0823. The van der Waals surface area contributed by atoms with E-state index in [9.17, 15) is 4.79 Å². The number of fused-ring (bicyclic) bond motifs is 1. The molecule has 5 rings (SSSR count). The lowest BCUT2D eigenvalue weighted by Crippen LogP contribution is -2.26. The molecule has 0 N–H and O–H groups in total. The van der Waals surface area contributed by atoms with Crippen molar-refractivity contribution in [3.63, 3.8) is 0 Å². The number of hydrogen-bond acceptors (Lipinski definition) is 7. The van der Waals surface area contributed by atoms with Gasteiger partial charge in [-0.1, -0.05) is 41.9 Å². The summed E-state index contributed by atoms with van der Waals surface area (Å²) in [6.45, 7) is 0. The Kier molecular flexibility index (Phi) is 5.80. The number of pyridine rings is 1. The van der Waals surface area contributed by atoms with Gasteiger partial charge in [0.25, 0.3) is 5.56 Å². The summed E-state index contributed by atoms with van der Waals surface area (Å²) in [5.41, 5.74) is 1.74. The molecule has 0 amide bonds. The van der Waals surface area contributed by atoms with Gasteiger partial charge in [0.05, 0.1) is 10.9 Å². The van der Waals surface area contributed by atoms with E-state index in [0.717, 1.165) is 41.3 Å². The molecule has 0 spiro atoms. The lowest BCUT2D eigenvalue weighted by Gasteiger charge is -2.18. The van der Waals surface area contributed by atoms with Crippen LogP contribution in [0.5, 0.6) is 0 Å². The molecule has 8 heteroatoms. The molecule has 1 aliphatic carbocycles. The lowest BCUT2D eigenvalue weighted by atomic mass is 10.2. The van der Waals surface area contributed by atoms with Crippen molar-refractivity contribution in [2.75, 3.05) is 5.75 Å². The average Bonchev–Trinajstić information content (AvgIpc) is 3.50. The first-order valence-electron chi connectivity index (χ1n) is 10.7. The van der Waals surface area contributed by atoms with Crippen LogP contribution < -0.4 is 5.56 Å². The van der Waals surface area contributed by atoms with Gasteiger partial charge >= 0.3 is 0 Å². The van der Waals surface area contributed by atoms with E-state index in [0.29, 0.717) is 23.5 Å². The van der Waals surface area contributed by atoms with Crippen molar-refractivity contribution in [1.82, 2.24) is 24.7 Å². The number of aromatic nitrogens is 5. The normalized spacial score (nSPS) is 14.5. The maximum atomic E-state index is 13.2. The molecule has 0 bridgehead atoms. The zero-order valence-electron chi connectivity index (χ0n) is 17.1. The molecular weight excluding hydrogens is 410 g/mol. The number of thioether (sulfide) groups is 1. The van der Waals surface area contributed by atoms with Gasteiger partial charge in [0.15, 0.2) is 5.16 Å². The van der Waals surface area contributed by atoms with Crippen LogP contribution in [0.25, 0.3) is 22.3 Å². The highest BCUT2D eigenvalue weighted by molar-refractivity contribution is 7.99. The average molecular weight is 434 g/mol. The Hall–Kier alpha value is -3.00. The summed E-state index contributed by atoms with van der Waals surface area (Å²) in [6, 6.07) is 11.6. The maximum absolute atomic E-state index is 13.2. The topological polar surface area (TPSA) is 86.7 Å². The smallest absolute Gasteiger partial charge is 0.262 e. The molecule has 0 saturated heterocycles. The van der Waals surface area contributed by atoms with E-state index in [2.05, 4.69) is 15.1 Å². The SMILES string of the molecule is O=c1c2ccccc2nc(SCCCc2nc(-c3ccncc3)no2)n1C1CCCC1. The summed E-state index contributed by atoms with van der Waals surface area (Å²) in [7, 11) is 0. The zero-order valence-corrected chi connectivity index (χ0v) is 17.9. The van der Waals surface area contributed by atoms with Crippen LogP contribution in [-0.2, 0) is 6.42 Å². The van der Waals surface area contributed by atoms with Gasteiger partial charge < -0.3 is 4.52 Å². The molecule has 1 fully saturated rings. The molecule has 3 aromatic heterocycles. The first-order valence-corrected chi connectivity index (χ1v) is 11.7. The summed E-state index contributed by atoms with van der Waals surface area (Å²) in [6.07, 6.45) is 9.41. The van der Waals surface area contributed by atoms with Crippen molar-refractivity contribution in [3.05, 3.63) is 65.0 Å². The predicted molar refractivity (Wildman–Crippen MR) is 120 cm³/mol. The number of benzene rings is 1. The Bertz CT molecular complexity index is 1230. The molecule has 31 heavy (non-hydrogen) atoms. The molecule has 1 aliphatic rings. The van der Waals surface area contributed by atoms with Crippen molar-refractivity contribution in [2.24, 2.45) is 0 Å². The van der Waals surface area contributed by atoms with Crippen LogP contribution in [0.15, 0.2) is 63.3 Å². The fourth-order valence-electron chi connectivity index (χ4n) is 4.07. The van der Waals surface area contributed by atoms with Gasteiger partial charge in [-0.2, -0.15) is 4.98 Å². The monoisotopic (exact) mass is 433 g/mol. The number of aryl methyl sites for hydroxylation is 1. The molecule has 0 radical (unpaired) electrons. The van der Waals surface area contributed by atoms with E-state index in [1.807, 2.05) is 41.0 Å². The van der Waals surface area contributed by atoms with E-state index < -0.39 is 0 Å². The Morgan fingerprint density at radius 1 is 1.06 bits per heavy atom. The van der Waals surface area contributed by atoms with E-state index >= 15 is 0 Å². The minimum absolute atomic E-state index is 0.0823. The fourth-order valence-corrected chi connectivity index (χ4v) is 5.08. The fraction of sp³-hybridized carbons (Fsp3) is 0.348. The standard InChI is InChI=1S/C23H23N5O2S/c29-22-18-8-3-4-9-19(18)25-23(28(22)17-6-1-2-7-17)31-15-5-10-20-26-21(27-30-20)16-11-13-24-14-12-16/h3-4,8-9,11-14,17H,1-2,5-7,10,15H2. The zero-order chi connectivity index (χ0) is 21.0. The highest BCUT2D eigenvalue weighted by atomic mass is 32.2. The summed E-state index contributed by atoms with van der Waals surface area (Å²) in [4.78, 5) is 26.5. The second-order valence-electron chi connectivity index (χ2n) is 7.72. The van der Waals surface area contributed by atoms with Crippen LogP contribution in [0.2, 0.25) is 0 Å². The van der Waals surface area contributed by atoms with Crippen molar-refractivity contribution in [1.29, 1.82) is 0 Å².